The molecule has 0 aliphatic heterocycles. The first-order chi connectivity index (χ1) is 7.63. The van der Waals surface area contributed by atoms with E-state index < -0.39 is 0 Å². The van der Waals surface area contributed by atoms with Gasteiger partial charge in [-0.05, 0) is 36.8 Å². The lowest BCUT2D eigenvalue weighted by atomic mass is 10.2. The Morgan fingerprint density at radius 1 is 1.06 bits per heavy atom. The van der Waals surface area contributed by atoms with E-state index in [1.807, 2.05) is 31.2 Å². The number of nitrogen functional groups attached to an aromatic ring is 1. The van der Waals surface area contributed by atoms with Gasteiger partial charge in [-0.25, -0.2) is 0 Å². The van der Waals surface area contributed by atoms with Crippen molar-refractivity contribution in [3.63, 3.8) is 0 Å². The van der Waals surface area contributed by atoms with Gasteiger partial charge in [0.25, 0.3) is 0 Å². The van der Waals surface area contributed by atoms with Crippen molar-refractivity contribution in [3.05, 3.63) is 53.1 Å². The van der Waals surface area contributed by atoms with E-state index in [1.54, 1.807) is 18.2 Å². The Labute approximate surface area is 99.6 Å². The Balaban J connectivity index is 2.27. The van der Waals surface area contributed by atoms with Crippen LogP contribution in [0.3, 0.4) is 0 Å². The molecule has 0 aliphatic rings. The van der Waals surface area contributed by atoms with Gasteiger partial charge in [-0.2, -0.15) is 0 Å². The van der Waals surface area contributed by atoms with Crippen LogP contribution in [-0.4, -0.2) is 0 Å². The SMILES string of the molecule is Cc1cccc(Oc2cc(N)cc(Cl)c2)c1. The molecule has 0 bridgehead atoms. The predicted molar refractivity (Wildman–Crippen MR) is 67.1 cm³/mol. The van der Waals surface area contributed by atoms with E-state index in [0.717, 1.165) is 11.3 Å². The van der Waals surface area contributed by atoms with Crippen molar-refractivity contribution in [2.45, 2.75) is 6.92 Å². The Kier molecular flexibility index (Phi) is 3.02. The minimum Gasteiger partial charge on any atom is -0.457 e. The first kappa shape index (κ1) is 10.8. The lowest BCUT2D eigenvalue weighted by molar-refractivity contribution is 0.482. The van der Waals surface area contributed by atoms with Gasteiger partial charge >= 0.3 is 0 Å². The molecule has 0 saturated carbocycles. The van der Waals surface area contributed by atoms with Crippen LogP contribution >= 0.6 is 11.6 Å². The summed E-state index contributed by atoms with van der Waals surface area (Å²) in [6.45, 7) is 2.01. The van der Waals surface area contributed by atoms with Crippen molar-refractivity contribution >= 4 is 17.3 Å². The van der Waals surface area contributed by atoms with Gasteiger partial charge in [-0.1, -0.05) is 23.7 Å². The van der Waals surface area contributed by atoms with Crippen molar-refractivity contribution < 1.29 is 4.74 Å². The molecular formula is C13H12ClNO. The molecule has 0 amide bonds. The van der Waals surface area contributed by atoms with Crippen LogP contribution < -0.4 is 10.5 Å². The summed E-state index contributed by atoms with van der Waals surface area (Å²) in [4.78, 5) is 0. The van der Waals surface area contributed by atoms with Gasteiger partial charge in [0.15, 0.2) is 0 Å². The van der Waals surface area contributed by atoms with Gasteiger partial charge in [0.05, 0.1) is 0 Å². The Hall–Kier alpha value is -1.67. The fourth-order valence-corrected chi connectivity index (χ4v) is 1.69. The highest BCUT2D eigenvalue weighted by molar-refractivity contribution is 6.31. The first-order valence-electron chi connectivity index (χ1n) is 4.94. The van der Waals surface area contributed by atoms with Crippen LogP contribution in [0.15, 0.2) is 42.5 Å². The standard InChI is InChI=1S/C13H12ClNO/c1-9-3-2-4-12(5-9)16-13-7-10(14)6-11(15)8-13/h2-8H,15H2,1H3. The molecule has 2 nitrogen and oxygen atoms in total. The van der Waals surface area contributed by atoms with Gasteiger partial charge in [0.1, 0.15) is 11.5 Å². The number of nitrogens with two attached hydrogens (primary N) is 1. The molecule has 0 aliphatic carbocycles. The number of ether oxygens (including phenoxy) is 1. The lowest BCUT2D eigenvalue weighted by Crippen LogP contribution is -1.88. The van der Waals surface area contributed by atoms with E-state index >= 15 is 0 Å². The highest BCUT2D eigenvalue weighted by Crippen LogP contribution is 2.27. The Morgan fingerprint density at radius 2 is 1.88 bits per heavy atom. The van der Waals surface area contributed by atoms with Crippen LogP contribution in [0.2, 0.25) is 5.02 Å². The molecule has 2 aromatic carbocycles. The van der Waals surface area contributed by atoms with Crippen molar-refractivity contribution in [2.24, 2.45) is 0 Å². The maximum atomic E-state index is 5.89. The molecule has 82 valence electrons. The summed E-state index contributed by atoms with van der Waals surface area (Å²) in [7, 11) is 0. The molecule has 0 heterocycles. The highest BCUT2D eigenvalue weighted by atomic mass is 35.5. The van der Waals surface area contributed by atoms with Gasteiger partial charge in [0, 0.05) is 16.8 Å². The van der Waals surface area contributed by atoms with E-state index in [9.17, 15) is 0 Å². The second-order valence-corrected chi connectivity index (χ2v) is 4.08. The summed E-state index contributed by atoms with van der Waals surface area (Å²) in [5.74, 6) is 1.43. The van der Waals surface area contributed by atoms with Crippen LogP contribution in [0, 0.1) is 6.92 Å². The third-order valence-corrected chi connectivity index (χ3v) is 2.34. The van der Waals surface area contributed by atoms with Crippen LogP contribution in [-0.2, 0) is 0 Å². The van der Waals surface area contributed by atoms with E-state index in [4.69, 9.17) is 22.1 Å². The van der Waals surface area contributed by atoms with Crippen LogP contribution in [0.5, 0.6) is 11.5 Å². The molecule has 0 spiro atoms. The highest BCUT2D eigenvalue weighted by Gasteiger charge is 2.00. The third kappa shape index (κ3) is 2.67. The summed E-state index contributed by atoms with van der Waals surface area (Å²) in [6, 6.07) is 13.0. The second kappa shape index (κ2) is 4.45. The topological polar surface area (TPSA) is 35.2 Å². The number of anilines is 1. The van der Waals surface area contributed by atoms with Crippen LogP contribution in [0.1, 0.15) is 5.56 Å². The summed E-state index contributed by atoms with van der Waals surface area (Å²) in [5, 5.41) is 0.572. The van der Waals surface area contributed by atoms with E-state index in [2.05, 4.69) is 0 Å². The van der Waals surface area contributed by atoms with E-state index in [0.29, 0.717) is 16.5 Å². The normalized spacial score (nSPS) is 10.1. The first-order valence-corrected chi connectivity index (χ1v) is 5.32. The molecule has 0 unspecified atom stereocenters. The molecule has 3 heteroatoms. The largest absolute Gasteiger partial charge is 0.457 e. The zero-order valence-electron chi connectivity index (χ0n) is 8.91. The fourth-order valence-electron chi connectivity index (χ4n) is 1.46. The summed E-state index contributed by atoms with van der Waals surface area (Å²) < 4.78 is 5.66. The number of hydrogen-bond acceptors (Lipinski definition) is 2. The predicted octanol–water partition coefficient (Wildman–Crippen LogP) is 4.02. The second-order valence-electron chi connectivity index (χ2n) is 3.64. The monoisotopic (exact) mass is 233 g/mol. The van der Waals surface area contributed by atoms with Crippen molar-refractivity contribution in [1.82, 2.24) is 0 Å². The number of halogens is 1. The van der Waals surface area contributed by atoms with Crippen LogP contribution in [0.4, 0.5) is 5.69 Å². The van der Waals surface area contributed by atoms with Crippen LogP contribution in [0.25, 0.3) is 0 Å². The molecular weight excluding hydrogens is 222 g/mol. The summed E-state index contributed by atoms with van der Waals surface area (Å²) in [5.41, 5.74) is 7.42. The zero-order chi connectivity index (χ0) is 11.5. The molecule has 2 aromatic rings. The molecule has 2 rings (SSSR count). The van der Waals surface area contributed by atoms with Crippen molar-refractivity contribution in [1.29, 1.82) is 0 Å². The molecule has 16 heavy (non-hydrogen) atoms. The minimum absolute atomic E-state index is 0.572. The molecule has 0 saturated heterocycles. The minimum atomic E-state index is 0.572. The maximum absolute atomic E-state index is 5.89. The summed E-state index contributed by atoms with van der Waals surface area (Å²) >= 11 is 5.89. The molecule has 0 atom stereocenters. The van der Waals surface area contributed by atoms with Gasteiger partial charge in [-0.15, -0.1) is 0 Å². The maximum Gasteiger partial charge on any atom is 0.130 e. The molecule has 0 aromatic heterocycles. The quantitative estimate of drug-likeness (QED) is 0.795. The van der Waals surface area contributed by atoms with Gasteiger partial charge < -0.3 is 10.5 Å². The van der Waals surface area contributed by atoms with E-state index in [-0.39, 0.29) is 0 Å². The van der Waals surface area contributed by atoms with Crippen molar-refractivity contribution in [2.75, 3.05) is 5.73 Å². The average molecular weight is 234 g/mol. The smallest absolute Gasteiger partial charge is 0.130 e. The number of benzene rings is 2. The molecule has 0 fully saturated rings. The fraction of sp³-hybridized carbons (Fsp3) is 0.0769. The van der Waals surface area contributed by atoms with Gasteiger partial charge in [-0.3, -0.25) is 0 Å². The lowest BCUT2D eigenvalue weighted by Gasteiger charge is -2.07. The third-order valence-electron chi connectivity index (χ3n) is 2.12. The van der Waals surface area contributed by atoms with Crippen molar-refractivity contribution in [3.8, 4) is 11.5 Å². The average Bonchev–Trinajstić information content (AvgIpc) is 2.15. The van der Waals surface area contributed by atoms with E-state index in [1.165, 1.54) is 0 Å². The number of hydrogen-bond donors (Lipinski definition) is 1. The Morgan fingerprint density at radius 3 is 2.56 bits per heavy atom. The zero-order valence-corrected chi connectivity index (χ0v) is 9.66. The number of rotatable bonds is 2. The molecule has 0 radical (unpaired) electrons. The summed E-state index contributed by atoms with van der Waals surface area (Å²) in [6.07, 6.45) is 0. The Bertz CT molecular complexity index is 491. The van der Waals surface area contributed by atoms with Gasteiger partial charge in [0.2, 0.25) is 0 Å². The number of aryl methyl sites for hydroxylation is 1. The molecule has 2 N–H and O–H groups in total.